The summed E-state index contributed by atoms with van der Waals surface area (Å²) in [6.45, 7) is 2.38. The molecule has 0 amide bonds. The van der Waals surface area contributed by atoms with Crippen molar-refractivity contribution in [1.82, 2.24) is 48.2 Å². The third-order valence-electron chi connectivity index (χ3n) is 25.7. The van der Waals surface area contributed by atoms with Crippen LogP contribution in [-0.4, -0.2) is 48.2 Å². The zero-order valence-electron chi connectivity index (χ0n) is 58.4. The lowest BCUT2D eigenvalue weighted by molar-refractivity contribution is 0.152. The maximum Gasteiger partial charge on any atom is 0.238 e. The van der Waals surface area contributed by atoms with Crippen molar-refractivity contribution in [2.24, 2.45) is 29.6 Å². The second-order valence-electron chi connectivity index (χ2n) is 31.6. The van der Waals surface area contributed by atoms with Crippen LogP contribution in [0.15, 0.2) is 235 Å². The van der Waals surface area contributed by atoms with Crippen molar-refractivity contribution in [1.29, 1.82) is 10.5 Å². The molecule has 11 aromatic carbocycles. The normalized spacial score (nSPS) is 21.2. The smallest absolute Gasteiger partial charge is 0.238 e. The molecule has 5 aliphatic carbocycles. The van der Waals surface area contributed by atoms with Crippen LogP contribution in [0.3, 0.4) is 0 Å². The Balaban J connectivity index is 0.680. The van der Waals surface area contributed by atoms with Gasteiger partial charge in [-0.05, 0) is 182 Å². The largest absolute Gasteiger partial charge is 0.455 e. The van der Waals surface area contributed by atoms with E-state index in [1.807, 2.05) is 24.3 Å². The van der Waals surface area contributed by atoms with Crippen LogP contribution >= 0.6 is 0 Å². The van der Waals surface area contributed by atoms with Crippen molar-refractivity contribution in [3.8, 4) is 69.3 Å². The van der Waals surface area contributed by atoms with Crippen LogP contribution in [0.2, 0.25) is 0 Å². The lowest BCUT2D eigenvalue weighted by Gasteiger charge is -2.38. The molecule has 4 atom stereocenters. The Kier molecular flexibility index (Phi) is 12.6. The van der Waals surface area contributed by atoms with Gasteiger partial charge in [0.25, 0.3) is 0 Å². The maximum atomic E-state index is 10.8. The number of nitriles is 2. The maximum absolute atomic E-state index is 10.8. The molecule has 506 valence electrons. The fraction of sp³-hybridized carbons (Fsp3) is 0.204. The summed E-state index contributed by atoms with van der Waals surface area (Å²) in [5.74, 6) is 7.27. The zero-order chi connectivity index (χ0) is 69.8. The van der Waals surface area contributed by atoms with Gasteiger partial charge in [-0.25, -0.2) is 9.97 Å². The van der Waals surface area contributed by atoms with Crippen molar-refractivity contribution < 1.29 is 4.42 Å². The number of nitrogens with zero attached hydrogens (tertiary/aromatic N) is 12. The Bertz CT molecular complexity index is 6830. The molecule has 5 fully saturated rings. The van der Waals surface area contributed by atoms with Crippen LogP contribution in [0.25, 0.3) is 166 Å². The molecule has 13 heteroatoms. The summed E-state index contributed by atoms with van der Waals surface area (Å²) in [6, 6.07) is 86.2. The molecule has 5 aliphatic rings. The summed E-state index contributed by atoms with van der Waals surface area (Å²) in [5, 5.41) is 32.4. The van der Waals surface area contributed by atoms with Crippen LogP contribution in [0.5, 0.6) is 0 Å². The Morgan fingerprint density at radius 1 is 0.387 bits per heavy atom. The van der Waals surface area contributed by atoms with Crippen LogP contribution in [0.1, 0.15) is 100 Å². The van der Waals surface area contributed by atoms with E-state index in [0.29, 0.717) is 64.3 Å². The Labute approximate surface area is 609 Å². The first-order valence-electron chi connectivity index (χ1n) is 37.7. The van der Waals surface area contributed by atoms with Gasteiger partial charge in [0.15, 0.2) is 11.6 Å². The van der Waals surface area contributed by atoms with Gasteiger partial charge in [-0.15, -0.1) is 0 Å². The van der Waals surface area contributed by atoms with E-state index < -0.39 is 0 Å². The Morgan fingerprint density at radius 2 is 0.840 bits per heavy atom. The van der Waals surface area contributed by atoms with Crippen molar-refractivity contribution in [3.05, 3.63) is 253 Å². The number of hydrogen-bond donors (Lipinski definition) is 0. The molecule has 4 bridgehead atoms. The highest BCUT2D eigenvalue weighted by Gasteiger charge is 2.59. The summed E-state index contributed by atoms with van der Waals surface area (Å²) in [7, 11) is 0. The van der Waals surface area contributed by atoms with Crippen LogP contribution in [-0.2, 0) is 10.8 Å². The van der Waals surface area contributed by atoms with E-state index in [0.717, 1.165) is 187 Å². The number of rotatable bonds is 9. The highest BCUT2D eigenvalue weighted by atomic mass is 16.3. The van der Waals surface area contributed by atoms with E-state index >= 15 is 0 Å². The van der Waals surface area contributed by atoms with Crippen molar-refractivity contribution in [3.63, 3.8) is 0 Å². The second-order valence-corrected chi connectivity index (χ2v) is 31.6. The number of hydrogen-bond acceptors (Lipinski definition) is 9. The SMILES string of the molecule is CC1(c2nc(-c3cc(C#N)ccc3-n3c4ccccc4c4ccc(-c5ccc6c(c5)oc5c6ccc6c5c5ccccc5n6-c5ccc(C#N)cc5-c5nc(-n6c7ccccc7c7ccccc76)nc(C67CC8[C@H](CCC[C@@H]8C6)C7)n5)cc43)nc(-n3c4ccccc4c4ccccc43)n2)C[C@H]2CC[C@@H](C2)C1. The standard InChI is InChI=1S/C93H68N12O/c1-92(46-53-29-30-54(41-53)47-92)88-96-86(98-90(100-88)104-74-24-9-3-17-61(74)62-18-4-10-25-75(62)104)71-43-56(52-95)32-39-80(71)103-73-23-8-2-21-65(73)66-35-33-57(44-82(66)103)58-34-36-67-68-37-40-81-84(85(68)106-83(67)45-58)69-22-7-13-28-78(69)102(81)79-38-31-55(51-94)42-70(79)87-97-89(93-48-59-15-14-16-60(49-93)72(59)50-93)101-91(99-87)105-76-26-11-5-19-63(76)64-20-6-12-27-77(64)105/h2-13,17-28,31-40,42-45,53-54,59-60,72H,14-16,29-30,41,46-50H2,1H3/t53-,54-,59+,60+,72?,93?/m0/s1. The molecule has 5 saturated carbocycles. The fourth-order valence-corrected chi connectivity index (χ4v) is 21.4. The molecule has 0 N–H and O–H groups in total. The molecule has 0 aliphatic heterocycles. The van der Waals surface area contributed by atoms with Crippen molar-refractivity contribution in [2.75, 3.05) is 0 Å². The third kappa shape index (κ3) is 8.62. The van der Waals surface area contributed by atoms with Crippen LogP contribution < -0.4 is 0 Å². The highest BCUT2D eigenvalue weighted by Crippen LogP contribution is 2.64. The van der Waals surface area contributed by atoms with E-state index in [2.05, 4.69) is 244 Å². The summed E-state index contributed by atoms with van der Waals surface area (Å²) >= 11 is 0. The van der Waals surface area contributed by atoms with E-state index in [1.165, 1.54) is 38.5 Å². The molecule has 18 aromatic rings. The van der Waals surface area contributed by atoms with Gasteiger partial charge in [-0.1, -0.05) is 166 Å². The summed E-state index contributed by atoms with van der Waals surface area (Å²) in [4.78, 5) is 33.7. The molecule has 0 saturated heterocycles. The lowest BCUT2D eigenvalue weighted by atomic mass is 9.68. The second kappa shape index (κ2) is 22.2. The Hall–Kier alpha value is -12.6. The van der Waals surface area contributed by atoms with Gasteiger partial charge in [0, 0.05) is 70.4 Å². The predicted molar refractivity (Wildman–Crippen MR) is 421 cm³/mol. The van der Waals surface area contributed by atoms with Crippen molar-refractivity contribution >= 4 is 109 Å². The molecule has 13 nitrogen and oxygen atoms in total. The van der Waals surface area contributed by atoms with Crippen molar-refractivity contribution in [2.45, 2.75) is 88.4 Å². The number of para-hydroxylation sites is 6. The topological polar surface area (TPSA) is 158 Å². The zero-order valence-corrected chi connectivity index (χ0v) is 58.4. The molecule has 0 spiro atoms. The van der Waals surface area contributed by atoms with Crippen LogP contribution in [0.4, 0.5) is 0 Å². The van der Waals surface area contributed by atoms with Gasteiger partial charge in [-0.3, -0.25) is 9.13 Å². The minimum atomic E-state index is -0.275. The third-order valence-corrected chi connectivity index (χ3v) is 25.7. The molecular formula is C93H68N12O. The number of furan rings is 1. The Morgan fingerprint density at radius 3 is 1.38 bits per heavy atom. The van der Waals surface area contributed by atoms with Gasteiger partial charge in [-0.2, -0.15) is 30.5 Å². The molecule has 23 rings (SSSR count). The number of aromatic nitrogens is 10. The van der Waals surface area contributed by atoms with Gasteiger partial charge in [0.1, 0.15) is 22.8 Å². The van der Waals surface area contributed by atoms with Gasteiger partial charge < -0.3 is 13.6 Å². The molecule has 7 heterocycles. The number of benzene rings is 11. The van der Waals surface area contributed by atoms with Gasteiger partial charge >= 0.3 is 0 Å². The predicted octanol–water partition coefficient (Wildman–Crippen LogP) is 22.0. The summed E-state index contributed by atoms with van der Waals surface area (Å²) in [6.07, 6.45) is 12.9. The highest BCUT2D eigenvalue weighted by molar-refractivity contribution is 6.24. The molecule has 0 unspecified atom stereocenters. The molecule has 106 heavy (non-hydrogen) atoms. The first-order valence-corrected chi connectivity index (χ1v) is 37.7. The van der Waals surface area contributed by atoms with E-state index in [4.69, 9.17) is 34.3 Å². The minimum absolute atomic E-state index is 0.155. The first-order chi connectivity index (χ1) is 52.2. The molecule has 0 radical (unpaired) electrons. The van der Waals surface area contributed by atoms with Gasteiger partial charge in [0.05, 0.1) is 84.2 Å². The summed E-state index contributed by atoms with van der Waals surface area (Å²) < 4.78 is 16.4. The van der Waals surface area contributed by atoms with E-state index in [-0.39, 0.29) is 10.8 Å². The summed E-state index contributed by atoms with van der Waals surface area (Å²) in [5.41, 5.74) is 15.6. The minimum Gasteiger partial charge on any atom is -0.455 e. The van der Waals surface area contributed by atoms with Gasteiger partial charge in [0.2, 0.25) is 11.9 Å². The molecular weight excluding hydrogens is 1300 g/mol. The molecule has 7 aromatic heterocycles. The average molecular weight is 1370 g/mol. The van der Waals surface area contributed by atoms with E-state index in [9.17, 15) is 10.5 Å². The monoisotopic (exact) mass is 1370 g/mol. The fourth-order valence-electron chi connectivity index (χ4n) is 21.4. The quantitative estimate of drug-likeness (QED) is 0.137. The van der Waals surface area contributed by atoms with Crippen LogP contribution in [0, 0.1) is 52.3 Å². The number of fused-ring (bicyclic) bond motifs is 19. The van der Waals surface area contributed by atoms with E-state index in [1.54, 1.807) is 0 Å². The first kappa shape index (κ1) is 59.9. The average Bonchev–Trinajstić information content (AvgIpc) is 1.55. The lowest BCUT2D eigenvalue weighted by Crippen LogP contribution is -2.33.